The van der Waals surface area contributed by atoms with E-state index in [0.29, 0.717) is 6.04 Å². The predicted molar refractivity (Wildman–Crippen MR) is 75.7 cm³/mol. The van der Waals surface area contributed by atoms with Crippen LogP contribution in [0.5, 0.6) is 0 Å². The lowest BCUT2D eigenvalue weighted by molar-refractivity contribution is 0.584. The van der Waals surface area contributed by atoms with Gasteiger partial charge in [0, 0.05) is 17.9 Å². The molecule has 1 atom stereocenters. The van der Waals surface area contributed by atoms with Gasteiger partial charge in [-0.1, -0.05) is 30.3 Å². The molecule has 2 nitrogen and oxygen atoms in total. The van der Waals surface area contributed by atoms with E-state index >= 15 is 0 Å². The number of hydrogen-bond acceptors (Lipinski definition) is 2. The van der Waals surface area contributed by atoms with Gasteiger partial charge in [0.25, 0.3) is 0 Å². The fourth-order valence-corrected chi connectivity index (χ4v) is 2.29. The Bertz CT molecular complexity index is 520. The zero-order valence-corrected chi connectivity index (χ0v) is 11.3. The van der Waals surface area contributed by atoms with Crippen molar-refractivity contribution in [3.8, 4) is 0 Å². The quantitative estimate of drug-likeness (QED) is 0.887. The molecule has 0 bridgehead atoms. The van der Waals surface area contributed by atoms with Crippen LogP contribution >= 0.6 is 0 Å². The molecule has 0 saturated carbocycles. The molecule has 1 aromatic heterocycles. The molecule has 0 aliphatic rings. The first-order valence-corrected chi connectivity index (χ1v) is 6.35. The molecule has 0 amide bonds. The third kappa shape index (κ3) is 2.77. The van der Waals surface area contributed by atoms with Gasteiger partial charge >= 0.3 is 0 Å². The van der Waals surface area contributed by atoms with Crippen molar-refractivity contribution in [1.29, 1.82) is 0 Å². The first-order valence-electron chi connectivity index (χ1n) is 6.35. The fourth-order valence-electron chi connectivity index (χ4n) is 2.29. The highest BCUT2D eigenvalue weighted by Gasteiger charge is 2.13. The fraction of sp³-hybridized carbons (Fsp3) is 0.312. The average Bonchev–Trinajstić information content (AvgIpc) is 2.39. The first-order chi connectivity index (χ1) is 8.72. The minimum atomic E-state index is 0.319. The summed E-state index contributed by atoms with van der Waals surface area (Å²) in [6.45, 7) is 4.23. The Morgan fingerprint density at radius 3 is 2.56 bits per heavy atom. The van der Waals surface area contributed by atoms with Crippen molar-refractivity contribution in [2.45, 2.75) is 26.3 Å². The molecule has 1 aromatic carbocycles. The van der Waals surface area contributed by atoms with E-state index in [-0.39, 0.29) is 0 Å². The molecule has 2 rings (SSSR count). The lowest BCUT2D eigenvalue weighted by Gasteiger charge is -2.19. The largest absolute Gasteiger partial charge is 0.313 e. The van der Waals surface area contributed by atoms with Gasteiger partial charge in [-0.05, 0) is 50.1 Å². The minimum Gasteiger partial charge on any atom is -0.313 e. The highest BCUT2D eigenvalue weighted by atomic mass is 14.9. The second-order valence-electron chi connectivity index (χ2n) is 4.65. The molecular weight excluding hydrogens is 220 g/mol. The molecule has 1 N–H and O–H groups in total. The van der Waals surface area contributed by atoms with Crippen molar-refractivity contribution < 1.29 is 0 Å². The van der Waals surface area contributed by atoms with Crippen LogP contribution in [-0.2, 0) is 6.42 Å². The molecule has 0 spiro atoms. The highest BCUT2D eigenvalue weighted by molar-refractivity contribution is 5.30. The van der Waals surface area contributed by atoms with Crippen LogP contribution in [-0.4, -0.2) is 12.0 Å². The third-order valence-corrected chi connectivity index (χ3v) is 3.46. The SMILES string of the molecule is CNC(Cc1ccccc1C)c1cccnc1C. The zero-order chi connectivity index (χ0) is 13.0. The number of hydrogen-bond donors (Lipinski definition) is 1. The molecule has 0 aliphatic heterocycles. The summed E-state index contributed by atoms with van der Waals surface area (Å²) in [5.74, 6) is 0. The molecule has 0 saturated heterocycles. The van der Waals surface area contributed by atoms with Crippen molar-refractivity contribution >= 4 is 0 Å². The van der Waals surface area contributed by atoms with Gasteiger partial charge in [-0.15, -0.1) is 0 Å². The molecule has 1 unspecified atom stereocenters. The van der Waals surface area contributed by atoms with E-state index in [4.69, 9.17) is 0 Å². The van der Waals surface area contributed by atoms with Gasteiger partial charge < -0.3 is 5.32 Å². The van der Waals surface area contributed by atoms with Crippen LogP contribution in [0.2, 0.25) is 0 Å². The average molecular weight is 240 g/mol. The van der Waals surface area contributed by atoms with E-state index < -0.39 is 0 Å². The Labute approximate surface area is 109 Å². The number of aromatic nitrogens is 1. The van der Waals surface area contributed by atoms with Gasteiger partial charge in [-0.3, -0.25) is 4.98 Å². The van der Waals surface area contributed by atoms with Crippen LogP contribution in [0.25, 0.3) is 0 Å². The van der Waals surface area contributed by atoms with Crippen LogP contribution in [0, 0.1) is 13.8 Å². The topological polar surface area (TPSA) is 24.9 Å². The second kappa shape index (κ2) is 5.78. The molecule has 1 heterocycles. The number of pyridine rings is 1. The molecule has 0 radical (unpaired) electrons. The van der Waals surface area contributed by atoms with Crippen molar-refractivity contribution in [1.82, 2.24) is 10.3 Å². The maximum atomic E-state index is 4.37. The minimum absolute atomic E-state index is 0.319. The Morgan fingerprint density at radius 1 is 1.11 bits per heavy atom. The molecule has 18 heavy (non-hydrogen) atoms. The second-order valence-corrected chi connectivity index (χ2v) is 4.65. The van der Waals surface area contributed by atoms with Crippen molar-refractivity contribution in [3.63, 3.8) is 0 Å². The summed E-state index contributed by atoms with van der Waals surface area (Å²) >= 11 is 0. The van der Waals surface area contributed by atoms with E-state index in [0.717, 1.165) is 12.1 Å². The van der Waals surface area contributed by atoms with E-state index in [1.165, 1.54) is 16.7 Å². The third-order valence-electron chi connectivity index (χ3n) is 3.46. The van der Waals surface area contributed by atoms with Gasteiger partial charge in [0.15, 0.2) is 0 Å². The summed E-state index contributed by atoms with van der Waals surface area (Å²) in [7, 11) is 2.01. The van der Waals surface area contributed by atoms with Gasteiger partial charge in [0.1, 0.15) is 0 Å². The summed E-state index contributed by atoms with van der Waals surface area (Å²) < 4.78 is 0. The maximum absolute atomic E-state index is 4.37. The zero-order valence-electron chi connectivity index (χ0n) is 11.3. The summed E-state index contributed by atoms with van der Waals surface area (Å²) in [5, 5.41) is 3.39. The van der Waals surface area contributed by atoms with Crippen LogP contribution in [0.4, 0.5) is 0 Å². The van der Waals surface area contributed by atoms with Crippen molar-refractivity contribution in [3.05, 3.63) is 65.0 Å². The summed E-state index contributed by atoms with van der Waals surface area (Å²) in [6.07, 6.45) is 2.84. The monoisotopic (exact) mass is 240 g/mol. The van der Waals surface area contributed by atoms with Gasteiger partial charge in [-0.2, -0.15) is 0 Å². The maximum Gasteiger partial charge on any atom is 0.0420 e. The van der Waals surface area contributed by atoms with E-state index in [9.17, 15) is 0 Å². The van der Waals surface area contributed by atoms with Gasteiger partial charge in [0.2, 0.25) is 0 Å². The Morgan fingerprint density at radius 2 is 1.89 bits per heavy atom. The number of nitrogens with zero attached hydrogens (tertiary/aromatic N) is 1. The Balaban J connectivity index is 2.26. The van der Waals surface area contributed by atoms with E-state index in [1.807, 2.05) is 19.3 Å². The molecule has 0 aliphatic carbocycles. The number of nitrogens with one attached hydrogen (secondary N) is 1. The van der Waals surface area contributed by atoms with Crippen LogP contribution in [0.3, 0.4) is 0 Å². The first kappa shape index (κ1) is 12.8. The number of likely N-dealkylation sites (N-methyl/N-ethyl adjacent to an activating group) is 1. The Hall–Kier alpha value is -1.67. The molecule has 94 valence electrons. The van der Waals surface area contributed by atoms with Gasteiger partial charge in [-0.25, -0.2) is 0 Å². The molecular formula is C16H20N2. The standard InChI is InChI=1S/C16H20N2/c1-12-7-4-5-8-14(12)11-16(17-3)15-9-6-10-18-13(15)2/h4-10,16-17H,11H2,1-3H3. The Kier molecular flexibility index (Phi) is 4.11. The van der Waals surface area contributed by atoms with Gasteiger partial charge in [0.05, 0.1) is 0 Å². The summed E-state index contributed by atoms with van der Waals surface area (Å²) in [6, 6.07) is 13.0. The van der Waals surface area contributed by atoms with Crippen molar-refractivity contribution in [2.24, 2.45) is 0 Å². The number of aryl methyl sites for hydroxylation is 2. The molecule has 2 heteroatoms. The van der Waals surface area contributed by atoms with Crippen LogP contribution in [0.15, 0.2) is 42.6 Å². The number of benzene rings is 1. The predicted octanol–water partition coefficient (Wildman–Crippen LogP) is 3.20. The molecule has 0 fully saturated rings. The lowest BCUT2D eigenvalue weighted by Crippen LogP contribution is -2.20. The normalized spacial score (nSPS) is 12.4. The molecule has 2 aromatic rings. The van der Waals surface area contributed by atoms with E-state index in [2.05, 4.69) is 54.5 Å². The smallest absolute Gasteiger partial charge is 0.0420 e. The van der Waals surface area contributed by atoms with E-state index in [1.54, 1.807) is 0 Å². The van der Waals surface area contributed by atoms with Crippen LogP contribution < -0.4 is 5.32 Å². The van der Waals surface area contributed by atoms with Crippen molar-refractivity contribution in [2.75, 3.05) is 7.05 Å². The summed E-state index contributed by atoms with van der Waals surface area (Å²) in [5.41, 5.74) is 5.12. The van der Waals surface area contributed by atoms with Crippen LogP contribution in [0.1, 0.15) is 28.4 Å². The number of rotatable bonds is 4. The summed E-state index contributed by atoms with van der Waals surface area (Å²) in [4.78, 5) is 4.37. The highest BCUT2D eigenvalue weighted by Crippen LogP contribution is 2.21. The lowest BCUT2D eigenvalue weighted by atomic mass is 9.95.